The molecule has 1 N–H and O–H groups in total. The summed E-state index contributed by atoms with van der Waals surface area (Å²) in [7, 11) is 0. The smallest absolute Gasteiger partial charge is 0.261 e. The Morgan fingerprint density at radius 3 is 2.69 bits per heavy atom. The number of nitrogens with one attached hydrogen (secondary N) is 1. The van der Waals surface area contributed by atoms with Gasteiger partial charge in [-0.15, -0.1) is 0 Å². The summed E-state index contributed by atoms with van der Waals surface area (Å²) in [5, 5.41) is 3.46. The zero-order valence-corrected chi connectivity index (χ0v) is 15.4. The number of nitrogens with zero attached hydrogens (tertiary/aromatic N) is 2. The van der Waals surface area contributed by atoms with Crippen molar-refractivity contribution in [1.82, 2.24) is 14.9 Å². The average molecular weight is 370 g/mol. The van der Waals surface area contributed by atoms with Crippen molar-refractivity contribution in [2.45, 2.75) is 26.5 Å². The fourth-order valence-corrected chi connectivity index (χ4v) is 2.74. The number of ether oxygens (including phenoxy) is 1. The van der Waals surface area contributed by atoms with Gasteiger partial charge in [-0.05, 0) is 49.7 Å². The standard InChI is InChI=1S/C20H20ClN3O2/c1-14(26-19-5-3-4-17(21)12-19)20(25)23-13-16-6-8-18(9-7-16)24-11-10-22-15(24)2/h3-12,14H,13H2,1-2H3,(H,23,25)/t14-/m1/s1. The first kappa shape index (κ1) is 18.0. The summed E-state index contributed by atoms with van der Waals surface area (Å²) < 4.78 is 7.62. The third-order valence-electron chi connectivity index (χ3n) is 3.99. The van der Waals surface area contributed by atoms with Crippen molar-refractivity contribution in [3.8, 4) is 11.4 Å². The van der Waals surface area contributed by atoms with E-state index < -0.39 is 6.10 Å². The second kappa shape index (κ2) is 8.06. The molecule has 5 nitrogen and oxygen atoms in total. The molecule has 0 fully saturated rings. The largest absolute Gasteiger partial charge is 0.481 e. The fourth-order valence-electron chi connectivity index (χ4n) is 2.56. The number of benzene rings is 2. The molecule has 0 aliphatic rings. The van der Waals surface area contributed by atoms with Gasteiger partial charge in [-0.3, -0.25) is 4.79 Å². The lowest BCUT2D eigenvalue weighted by Crippen LogP contribution is -2.35. The molecule has 0 saturated heterocycles. The molecule has 0 saturated carbocycles. The van der Waals surface area contributed by atoms with Crippen LogP contribution in [0.15, 0.2) is 60.9 Å². The first-order valence-corrected chi connectivity index (χ1v) is 8.70. The Kier molecular flexibility index (Phi) is 5.58. The number of hydrogen-bond acceptors (Lipinski definition) is 3. The van der Waals surface area contributed by atoms with Crippen molar-refractivity contribution in [3.05, 3.63) is 77.3 Å². The van der Waals surface area contributed by atoms with Crippen molar-refractivity contribution < 1.29 is 9.53 Å². The summed E-state index contributed by atoms with van der Waals surface area (Å²) in [5.74, 6) is 1.32. The lowest BCUT2D eigenvalue weighted by molar-refractivity contribution is -0.127. The number of carbonyl (C=O) groups is 1. The van der Waals surface area contributed by atoms with Crippen LogP contribution in [-0.4, -0.2) is 21.6 Å². The molecule has 1 heterocycles. The first-order valence-electron chi connectivity index (χ1n) is 8.32. The molecule has 0 aliphatic carbocycles. The molecular weight excluding hydrogens is 350 g/mol. The first-order chi connectivity index (χ1) is 12.5. The molecule has 1 aromatic heterocycles. The minimum atomic E-state index is -0.610. The lowest BCUT2D eigenvalue weighted by Gasteiger charge is -2.15. The van der Waals surface area contributed by atoms with Gasteiger partial charge in [-0.1, -0.05) is 29.8 Å². The highest BCUT2D eigenvalue weighted by Gasteiger charge is 2.14. The summed E-state index contributed by atoms with van der Waals surface area (Å²) in [5.41, 5.74) is 2.04. The quantitative estimate of drug-likeness (QED) is 0.716. The summed E-state index contributed by atoms with van der Waals surface area (Å²) in [6, 6.07) is 15.0. The predicted octanol–water partition coefficient (Wildman–Crippen LogP) is 3.92. The topological polar surface area (TPSA) is 56.2 Å². The van der Waals surface area contributed by atoms with Crippen LogP contribution < -0.4 is 10.1 Å². The minimum absolute atomic E-state index is 0.181. The molecule has 0 spiro atoms. The molecule has 6 heteroatoms. The second-order valence-corrected chi connectivity index (χ2v) is 6.38. The maximum atomic E-state index is 12.2. The van der Waals surface area contributed by atoms with Gasteiger partial charge in [-0.25, -0.2) is 4.98 Å². The third-order valence-corrected chi connectivity index (χ3v) is 4.22. The van der Waals surface area contributed by atoms with Crippen LogP contribution >= 0.6 is 11.6 Å². The lowest BCUT2D eigenvalue weighted by atomic mass is 10.2. The van der Waals surface area contributed by atoms with Crippen LogP contribution in [0.25, 0.3) is 5.69 Å². The van der Waals surface area contributed by atoms with E-state index in [0.717, 1.165) is 17.1 Å². The van der Waals surface area contributed by atoms with Crippen molar-refractivity contribution in [1.29, 1.82) is 0 Å². The van der Waals surface area contributed by atoms with Crippen LogP contribution in [0.5, 0.6) is 5.75 Å². The van der Waals surface area contributed by atoms with E-state index in [9.17, 15) is 4.79 Å². The van der Waals surface area contributed by atoms with E-state index in [0.29, 0.717) is 17.3 Å². The molecule has 1 atom stereocenters. The van der Waals surface area contributed by atoms with Crippen molar-refractivity contribution in [2.75, 3.05) is 0 Å². The fraction of sp³-hybridized carbons (Fsp3) is 0.200. The number of amides is 1. The zero-order valence-electron chi connectivity index (χ0n) is 14.6. The molecule has 3 aromatic rings. The van der Waals surface area contributed by atoms with Crippen LogP contribution in [0.2, 0.25) is 5.02 Å². The Labute approximate surface area is 157 Å². The minimum Gasteiger partial charge on any atom is -0.481 e. The van der Waals surface area contributed by atoms with Crippen LogP contribution in [0.3, 0.4) is 0 Å². The number of rotatable bonds is 6. The Morgan fingerprint density at radius 1 is 1.27 bits per heavy atom. The number of hydrogen-bond donors (Lipinski definition) is 1. The van der Waals surface area contributed by atoms with Crippen LogP contribution in [0.4, 0.5) is 0 Å². The summed E-state index contributed by atoms with van der Waals surface area (Å²) in [6.07, 6.45) is 3.08. The Bertz CT molecular complexity index is 890. The van der Waals surface area contributed by atoms with Gasteiger partial charge in [0.25, 0.3) is 5.91 Å². The molecule has 134 valence electrons. The van der Waals surface area contributed by atoms with Crippen LogP contribution in [0, 0.1) is 6.92 Å². The molecule has 26 heavy (non-hydrogen) atoms. The summed E-state index contributed by atoms with van der Waals surface area (Å²) in [6.45, 7) is 4.10. The van der Waals surface area contributed by atoms with E-state index >= 15 is 0 Å². The molecule has 1 amide bonds. The zero-order chi connectivity index (χ0) is 18.5. The van der Waals surface area contributed by atoms with Gasteiger partial charge in [0, 0.05) is 29.6 Å². The Balaban J connectivity index is 1.55. The Hall–Kier alpha value is -2.79. The molecule has 2 aromatic carbocycles. The van der Waals surface area contributed by atoms with Gasteiger partial charge in [0.2, 0.25) is 0 Å². The van der Waals surface area contributed by atoms with E-state index in [1.165, 1.54) is 0 Å². The molecule has 0 unspecified atom stereocenters. The number of aryl methyl sites for hydroxylation is 1. The highest BCUT2D eigenvalue weighted by atomic mass is 35.5. The van der Waals surface area contributed by atoms with Gasteiger partial charge >= 0.3 is 0 Å². The molecular formula is C20H20ClN3O2. The summed E-state index contributed by atoms with van der Waals surface area (Å²) >= 11 is 5.92. The normalized spacial score (nSPS) is 11.8. The van der Waals surface area contributed by atoms with E-state index in [1.807, 2.05) is 42.0 Å². The Morgan fingerprint density at radius 2 is 2.04 bits per heavy atom. The molecule has 0 bridgehead atoms. The van der Waals surface area contributed by atoms with E-state index in [-0.39, 0.29) is 5.91 Å². The predicted molar refractivity (Wildman–Crippen MR) is 102 cm³/mol. The van der Waals surface area contributed by atoms with Crippen molar-refractivity contribution >= 4 is 17.5 Å². The second-order valence-electron chi connectivity index (χ2n) is 5.95. The highest BCUT2D eigenvalue weighted by Crippen LogP contribution is 2.18. The van der Waals surface area contributed by atoms with Gasteiger partial charge in [-0.2, -0.15) is 0 Å². The molecule has 0 aliphatic heterocycles. The van der Waals surface area contributed by atoms with Crippen LogP contribution in [-0.2, 0) is 11.3 Å². The SMILES string of the molecule is Cc1nccn1-c1ccc(CNC(=O)[C@@H](C)Oc2cccc(Cl)c2)cc1. The maximum absolute atomic E-state index is 12.2. The van der Waals surface area contributed by atoms with Crippen LogP contribution in [0.1, 0.15) is 18.3 Å². The van der Waals surface area contributed by atoms with E-state index in [1.54, 1.807) is 37.4 Å². The number of imidazole rings is 1. The summed E-state index contributed by atoms with van der Waals surface area (Å²) in [4.78, 5) is 16.4. The average Bonchev–Trinajstić information content (AvgIpc) is 3.06. The number of aromatic nitrogens is 2. The molecule has 0 radical (unpaired) electrons. The number of halogens is 1. The highest BCUT2D eigenvalue weighted by molar-refractivity contribution is 6.30. The van der Waals surface area contributed by atoms with E-state index in [4.69, 9.17) is 16.3 Å². The molecule has 3 rings (SSSR count). The number of carbonyl (C=O) groups excluding carboxylic acids is 1. The maximum Gasteiger partial charge on any atom is 0.261 e. The monoisotopic (exact) mass is 369 g/mol. The van der Waals surface area contributed by atoms with Gasteiger partial charge in [0.1, 0.15) is 11.6 Å². The van der Waals surface area contributed by atoms with Gasteiger partial charge in [0.15, 0.2) is 6.10 Å². The third kappa shape index (κ3) is 4.43. The van der Waals surface area contributed by atoms with Crippen molar-refractivity contribution in [3.63, 3.8) is 0 Å². The van der Waals surface area contributed by atoms with Gasteiger partial charge < -0.3 is 14.6 Å². The van der Waals surface area contributed by atoms with E-state index in [2.05, 4.69) is 10.3 Å². The van der Waals surface area contributed by atoms with Gasteiger partial charge in [0.05, 0.1) is 0 Å². The van der Waals surface area contributed by atoms with Crippen molar-refractivity contribution in [2.24, 2.45) is 0 Å².